The maximum atomic E-state index is 12.7. The van der Waals surface area contributed by atoms with Crippen LogP contribution in [0.1, 0.15) is 23.1 Å². The number of hydrogen-bond acceptors (Lipinski definition) is 9. The van der Waals surface area contributed by atoms with Crippen molar-refractivity contribution in [3.8, 4) is 0 Å². The van der Waals surface area contributed by atoms with E-state index in [0.717, 1.165) is 67.8 Å². The van der Waals surface area contributed by atoms with E-state index < -0.39 is 10.4 Å². The third kappa shape index (κ3) is 4.06. The fourth-order valence-electron chi connectivity index (χ4n) is 7.28. The molecular weight excluding hydrogens is 627 g/mol. The van der Waals surface area contributed by atoms with Crippen LogP contribution in [-0.2, 0) is 28.3 Å². The van der Waals surface area contributed by atoms with Crippen molar-refractivity contribution in [1.29, 1.82) is 0 Å². The summed E-state index contributed by atoms with van der Waals surface area (Å²) in [5.41, 5.74) is 5.65. The highest BCUT2D eigenvalue weighted by Gasteiger charge is 2.35. The zero-order valence-electron chi connectivity index (χ0n) is 25.7. The van der Waals surface area contributed by atoms with Crippen LogP contribution in [0, 0.1) is 6.92 Å². The number of amidine groups is 1. The molecule has 6 aromatic carbocycles. The van der Waals surface area contributed by atoms with Crippen molar-refractivity contribution in [3.05, 3.63) is 124 Å². The van der Waals surface area contributed by atoms with E-state index in [4.69, 9.17) is 23.1 Å². The molecule has 6 aromatic rings. The van der Waals surface area contributed by atoms with Crippen molar-refractivity contribution >= 4 is 89.4 Å². The number of aliphatic imine (C=N–C) groups is 2. The third-order valence-corrected chi connectivity index (χ3v) is 10.0. The van der Waals surface area contributed by atoms with E-state index in [1.807, 2.05) is 103 Å². The molecule has 0 amide bonds. The first kappa shape index (κ1) is 28.4. The summed E-state index contributed by atoms with van der Waals surface area (Å²) in [5.74, 6) is 1.04. The van der Waals surface area contributed by atoms with Gasteiger partial charge in [-0.2, -0.15) is 8.42 Å². The highest BCUT2D eigenvalue weighted by atomic mass is 32.3. The van der Waals surface area contributed by atoms with Crippen LogP contribution in [0.4, 0.5) is 17.1 Å². The number of fused-ring (bicyclic) bond motifs is 4. The number of carbonyl (C=O) groups is 1. The Bertz CT molecular complexity index is 2740. The lowest BCUT2D eigenvalue weighted by atomic mass is 9.86. The highest BCUT2D eigenvalue weighted by Crippen LogP contribution is 2.44. The first-order valence-electron chi connectivity index (χ1n) is 15.3. The molecule has 48 heavy (non-hydrogen) atoms. The summed E-state index contributed by atoms with van der Waals surface area (Å²) in [6.07, 6.45) is 0.0928. The largest absolute Gasteiger partial charge is 0.448 e. The monoisotopic (exact) mass is 651 g/mol. The molecule has 9 nitrogen and oxygen atoms in total. The van der Waals surface area contributed by atoms with Gasteiger partial charge in [0.15, 0.2) is 0 Å². The quantitative estimate of drug-likeness (QED) is 0.199. The predicted molar refractivity (Wildman–Crippen MR) is 186 cm³/mol. The molecule has 0 radical (unpaired) electrons. The second-order valence-electron chi connectivity index (χ2n) is 11.8. The Hall–Kier alpha value is -5.84. The lowest BCUT2D eigenvalue weighted by molar-refractivity contribution is -0.122. The van der Waals surface area contributed by atoms with Gasteiger partial charge in [0, 0.05) is 43.1 Å². The van der Waals surface area contributed by atoms with Crippen molar-refractivity contribution in [2.45, 2.75) is 13.3 Å². The number of nitrogens with zero attached hydrogens (tertiary/aromatic N) is 3. The summed E-state index contributed by atoms with van der Waals surface area (Å²) in [7, 11) is -3.30. The van der Waals surface area contributed by atoms with Crippen molar-refractivity contribution in [2.24, 2.45) is 9.98 Å². The van der Waals surface area contributed by atoms with Crippen LogP contribution in [0.15, 0.2) is 107 Å². The Labute approximate surface area is 274 Å². The average Bonchev–Trinajstić information content (AvgIpc) is 3.09. The summed E-state index contributed by atoms with van der Waals surface area (Å²) in [5, 5.41) is 6.65. The Kier molecular flexibility index (Phi) is 6.11. The molecule has 2 heterocycles. The van der Waals surface area contributed by atoms with E-state index in [-0.39, 0.29) is 12.2 Å². The molecule has 2 aliphatic heterocycles. The SMILES string of the molecule is COS(=O)(=O)OC1=c2ccc3c4c(ccc(c24)C(=Nc2cccc4cccc(C)c24)C1)C1=Nc2cccc4cccc(c24)N1C=3OC=O. The Balaban J connectivity index is 1.40. The molecule has 0 saturated carbocycles. The number of hydrogen-bond donors (Lipinski definition) is 0. The second kappa shape index (κ2) is 10.3. The Morgan fingerprint density at radius 3 is 2.27 bits per heavy atom. The molecule has 10 heteroatoms. The van der Waals surface area contributed by atoms with E-state index >= 15 is 0 Å². The van der Waals surface area contributed by atoms with Gasteiger partial charge in [0.1, 0.15) is 11.6 Å². The van der Waals surface area contributed by atoms with Gasteiger partial charge in [-0.3, -0.25) is 14.7 Å². The van der Waals surface area contributed by atoms with Crippen molar-refractivity contribution in [3.63, 3.8) is 0 Å². The molecule has 0 spiro atoms. The normalized spacial score (nSPS) is 15.6. The molecule has 0 bridgehead atoms. The van der Waals surface area contributed by atoms with E-state index in [9.17, 15) is 13.2 Å². The van der Waals surface area contributed by atoms with E-state index in [1.54, 1.807) is 6.07 Å². The van der Waals surface area contributed by atoms with Gasteiger partial charge in [0.2, 0.25) is 5.88 Å². The summed E-state index contributed by atoms with van der Waals surface area (Å²) in [4.78, 5) is 24.2. The van der Waals surface area contributed by atoms with Gasteiger partial charge in [0.05, 0.1) is 36.3 Å². The van der Waals surface area contributed by atoms with Crippen LogP contribution in [0.5, 0.6) is 0 Å². The van der Waals surface area contributed by atoms with Gasteiger partial charge in [-0.25, -0.2) is 9.18 Å². The van der Waals surface area contributed by atoms with Crippen LogP contribution in [0.25, 0.3) is 44.0 Å². The minimum Gasteiger partial charge on any atom is -0.410 e. The first-order chi connectivity index (χ1) is 23.4. The molecule has 9 rings (SSSR count). The maximum absolute atomic E-state index is 12.7. The first-order valence-corrected chi connectivity index (χ1v) is 16.6. The molecule has 0 atom stereocenters. The molecule has 0 aromatic heterocycles. The fourth-order valence-corrected chi connectivity index (χ4v) is 7.74. The molecule has 234 valence electrons. The number of ether oxygens (including phenoxy) is 1. The molecule has 3 aliphatic rings. The van der Waals surface area contributed by atoms with Crippen molar-refractivity contribution < 1.29 is 26.3 Å². The van der Waals surface area contributed by atoms with Crippen molar-refractivity contribution in [2.75, 3.05) is 12.0 Å². The van der Waals surface area contributed by atoms with Crippen LogP contribution >= 0.6 is 0 Å². The molecule has 0 N–H and O–H groups in total. The summed E-state index contributed by atoms with van der Waals surface area (Å²) in [6.45, 7) is 2.45. The third-order valence-electron chi connectivity index (χ3n) is 9.23. The lowest BCUT2D eigenvalue weighted by Gasteiger charge is -2.35. The predicted octanol–water partition coefficient (Wildman–Crippen LogP) is 6.15. The van der Waals surface area contributed by atoms with E-state index in [0.29, 0.717) is 39.7 Å². The molecular formula is C38H25N3O6S. The number of rotatable bonds is 6. The molecule has 0 saturated heterocycles. The molecule has 1 aliphatic carbocycles. The number of benzene rings is 6. The van der Waals surface area contributed by atoms with Gasteiger partial charge in [-0.15, -0.1) is 0 Å². The van der Waals surface area contributed by atoms with Crippen LogP contribution < -0.4 is 15.3 Å². The van der Waals surface area contributed by atoms with E-state index in [2.05, 4.69) is 0 Å². The van der Waals surface area contributed by atoms with Gasteiger partial charge in [0.25, 0.3) is 6.47 Å². The molecule has 0 fully saturated rings. The van der Waals surface area contributed by atoms with Gasteiger partial charge >= 0.3 is 10.4 Å². The van der Waals surface area contributed by atoms with Crippen molar-refractivity contribution in [1.82, 2.24) is 0 Å². The second-order valence-corrected chi connectivity index (χ2v) is 13.1. The minimum absolute atomic E-state index is 0.0928. The topological polar surface area (TPSA) is 107 Å². The van der Waals surface area contributed by atoms with Crippen LogP contribution in [0.3, 0.4) is 0 Å². The zero-order chi connectivity index (χ0) is 32.7. The summed E-state index contributed by atoms with van der Waals surface area (Å²) in [6, 6.07) is 31.6. The molecule has 0 unspecified atom stereocenters. The zero-order valence-corrected chi connectivity index (χ0v) is 26.5. The van der Waals surface area contributed by atoms with Crippen LogP contribution in [0.2, 0.25) is 0 Å². The van der Waals surface area contributed by atoms with Gasteiger partial charge in [-0.05, 0) is 53.6 Å². The van der Waals surface area contributed by atoms with Gasteiger partial charge < -0.3 is 8.92 Å². The average molecular weight is 652 g/mol. The summed E-state index contributed by atoms with van der Waals surface area (Å²) >= 11 is 0. The Morgan fingerprint density at radius 1 is 0.792 bits per heavy atom. The fraction of sp³-hybridized carbons (Fsp3) is 0.0789. The maximum Gasteiger partial charge on any atom is 0.448 e. The smallest absolute Gasteiger partial charge is 0.410 e. The standard InChI is InChI=1S/C38H25N3O6S/c1-21-7-3-8-22-9-4-12-28(33(21)22)39-30-19-32(47-48(43,44)45-2)25-16-18-27-36-26(17-15-24(30)35(25)36)37-40-29-13-5-10-23-11-6-14-31(34(23)29)41(37)38(27)46-20-42/h3-18,20H,19H2,1-2H3. The van der Waals surface area contributed by atoms with Gasteiger partial charge in [-0.1, -0.05) is 66.7 Å². The number of aryl methyl sites for hydroxylation is 1. The van der Waals surface area contributed by atoms with E-state index in [1.165, 1.54) is 0 Å². The minimum atomic E-state index is -4.36. The highest BCUT2D eigenvalue weighted by molar-refractivity contribution is 7.82. The number of carbonyl (C=O) groups excluding carboxylic acids is 1. The van der Waals surface area contributed by atoms with Crippen LogP contribution in [-0.4, -0.2) is 33.5 Å². The lowest BCUT2D eigenvalue weighted by Crippen LogP contribution is -2.41. The Morgan fingerprint density at radius 2 is 1.48 bits per heavy atom. The number of anilines is 1. The summed E-state index contributed by atoms with van der Waals surface area (Å²) < 4.78 is 41.5.